The molecule has 3 N–H and O–H groups in total. The number of thioether (sulfide) groups is 1. The van der Waals surface area contributed by atoms with E-state index >= 15 is 0 Å². The fourth-order valence-electron chi connectivity index (χ4n) is 1.72. The van der Waals surface area contributed by atoms with Gasteiger partial charge in [-0.2, -0.15) is 0 Å². The van der Waals surface area contributed by atoms with E-state index in [1.165, 1.54) is 11.8 Å². The molecule has 0 spiro atoms. The monoisotopic (exact) mass is 285 g/mol. The molecule has 0 saturated carbocycles. The van der Waals surface area contributed by atoms with Gasteiger partial charge in [0, 0.05) is 24.9 Å². The van der Waals surface area contributed by atoms with Crippen molar-refractivity contribution in [1.82, 2.24) is 9.55 Å². The van der Waals surface area contributed by atoms with Gasteiger partial charge in [-0.3, -0.25) is 9.59 Å². The molecule has 19 heavy (non-hydrogen) atoms. The van der Waals surface area contributed by atoms with E-state index in [2.05, 4.69) is 4.98 Å². The lowest BCUT2D eigenvalue weighted by molar-refractivity contribution is -0.133. The zero-order valence-corrected chi connectivity index (χ0v) is 11.8. The molecule has 0 atom stereocenters. The number of carbonyl (C=O) groups is 2. The Hall–Kier alpha value is -1.50. The second kappa shape index (κ2) is 7.83. The molecule has 0 bridgehead atoms. The van der Waals surface area contributed by atoms with Crippen LogP contribution in [0.4, 0.5) is 0 Å². The summed E-state index contributed by atoms with van der Waals surface area (Å²) in [5.41, 5.74) is 6.17. The number of carbonyl (C=O) groups excluding carboxylic acids is 1. The molecule has 7 heteroatoms. The first kappa shape index (κ1) is 15.6. The maximum Gasteiger partial charge on any atom is 0.313 e. The van der Waals surface area contributed by atoms with E-state index in [0.29, 0.717) is 6.42 Å². The molecule has 6 nitrogen and oxygen atoms in total. The average Bonchev–Trinajstić information content (AvgIpc) is 2.74. The van der Waals surface area contributed by atoms with Crippen LogP contribution >= 0.6 is 11.8 Å². The van der Waals surface area contributed by atoms with E-state index in [0.717, 1.165) is 36.7 Å². The van der Waals surface area contributed by atoms with E-state index in [1.54, 1.807) is 6.20 Å². The van der Waals surface area contributed by atoms with Gasteiger partial charge in [0.25, 0.3) is 0 Å². The van der Waals surface area contributed by atoms with Crippen molar-refractivity contribution in [1.29, 1.82) is 0 Å². The van der Waals surface area contributed by atoms with Gasteiger partial charge >= 0.3 is 5.97 Å². The fraction of sp³-hybridized carbons (Fsp3) is 0.583. The molecule has 0 saturated heterocycles. The number of carboxylic acids is 1. The summed E-state index contributed by atoms with van der Waals surface area (Å²) in [5.74, 6) is -1.14. The molecule has 1 heterocycles. The Kier molecular flexibility index (Phi) is 6.41. The number of amides is 1. The Morgan fingerprint density at radius 3 is 2.79 bits per heavy atom. The van der Waals surface area contributed by atoms with Crippen molar-refractivity contribution in [3.05, 3.63) is 11.9 Å². The number of primary amides is 1. The summed E-state index contributed by atoms with van der Waals surface area (Å²) >= 11 is 1.22. The first-order valence-corrected chi connectivity index (χ1v) is 7.20. The molecule has 0 fully saturated rings. The maximum absolute atomic E-state index is 10.7. The Morgan fingerprint density at radius 1 is 1.47 bits per heavy atom. The van der Waals surface area contributed by atoms with Gasteiger partial charge in [0.1, 0.15) is 0 Å². The number of nitrogens with zero attached hydrogens (tertiary/aromatic N) is 2. The second-order valence-corrected chi connectivity index (χ2v) is 5.09. The number of aryl methyl sites for hydroxylation is 1. The van der Waals surface area contributed by atoms with Crippen molar-refractivity contribution in [3.8, 4) is 0 Å². The third-order valence-electron chi connectivity index (χ3n) is 2.64. The molecule has 1 rings (SSSR count). The van der Waals surface area contributed by atoms with Crippen LogP contribution in [0.15, 0.2) is 11.4 Å². The first-order chi connectivity index (χ1) is 9.04. The summed E-state index contributed by atoms with van der Waals surface area (Å²) in [6.45, 7) is 2.76. The summed E-state index contributed by atoms with van der Waals surface area (Å²) in [4.78, 5) is 25.5. The van der Waals surface area contributed by atoms with Crippen molar-refractivity contribution in [2.45, 2.75) is 44.3 Å². The molecule has 1 aromatic heterocycles. The fourth-order valence-corrected chi connectivity index (χ4v) is 2.47. The highest BCUT2D eigenvalue weighted by Crippen LogP contribution is 2.19. The predicted octanol–water partition coefficient (Wildman–Crippen LogP) is 1.28. The number of aromatic nitrogens is 2. The standard InChI is InChI=1S/C12H19N3O3S/c1-2-9-7-14-12(19-8-11(17)18)15(9)6-4-3-5-10(13)16/h7H,2-6,8H2,1H3,(H2,13,16)(H,17,18). The largest absolute Gasteiger partial charge is 0.481 e. The minimum Gasteiger partial charge on any atom is -0.481 e. The lowest BCUT2D eigenvalue weighted by atomic mass is 10.2. The number of aliphatic carboxylic acids is 1. The van der Waals surface area contributed by atoms with E-state index < -0.39 is 5.97 Å². The lowest BCUT2D eigenvalue weighted by Gasteiger charge is -2.09. The highest BCUT2D eigenvalue weighted by Gasteiger charge is 2.10. The second-order valence-electron chi connectivity index (χ2n) is 4.14. The topological polar surface area (TPSA) is 98.2 Å². The van der Waals surface area contributed by atoms with Crippen LogP contribution in [0.3, 0.4) is 0 Å². The molecule has 0 radical (unpaired) electrons. The molecule has 0 aliphatic heterocycles. The lowest BCUT2D eigenvalue weighted by Crippen LogP contribution is -2.11. The van der Waals surface area contributed by atoms with Crippen LogP contribution in [0.25, 0.3) is 0 Å². The average molecular weight is 285 g/mol. The number of carboxylic acid groups (broad SMARTS) is 1. The zero-order valence-electron chi connectivity index (χ0n) is 11.0. The Labute approximate surface area is 116 Å². The Bertz CT molecular complexity index is 445. The number of nitrogens with two attached hydrogens (primary N) is 1. The molecule has 1 amide bonds. The molecule has 1 aromatic rings. The van der Waals surface area contributed by atoms with Crippen LogP contribution in [-0.4, -0.2) is 32.3 Å². The summed E-state index contributed by atoms with van der Waals surface area (Å²) in [7, 11) is 0. The molecule has 0 aliphatic rings. The maximum atomic E-state index is 10.7. The van der Waals surface area contributed by atoms with Crippen molar-refractivity contribution in [2.24, 2.45) is 5.73 Å². The number of rotatable bonds is 9. The summed E-state index contributed by atoms with van der Waals surface area (Å²) in [6, 6.07) is 0. The van der Waals surface area contributed by atoms with Gasteiger partial charge in [0.15, 0.2) is 5.16 Å². The minimum atomic E-state index is -0.855. The predicted molar refractivity (Wildman–Crippen MR) is 73.0 cm³/mol. The van der Waals surface area contributed by atoms with E-state index in [1.807, 2.05) is 11.5 Å². The smallest absolute Gasteiger partial charge is 0.313 e. The molecule has 0 aliphatic carbocycles. The molecule has 106 valence electrons. The summed E-state index contributed by atoms with van der Waals surface area (Å²) in [6.07, 6.45) is 4.56. The number of imidazole rings is 1. The minimum absolute atomic E-state index is 0.00144. The third kappa shape index (κ3) is 5.34. The SMILES string of the molecule is CCc1cnc(SCC(=O)O)n1CCCCC(N)=O. The molecule has 0 aromatic carbocycles. The quantitative estimate of drug-likeness (QED) is 0.526. The Morgan fingerprint density at radius 2 is 2.21 bits per heavy atom. The molecular weight excluding hydrogens is 266 g/mol. The van der Waals surface area contributed by atoms with Crippen molar-refractivity contribution < 1.29 is 14.7 Å². The van der Waals surface area contributed by atoms with Crippen LogP contribution in [0.1, 0.15) is 31.9 Å². The van der Waals surface area contributed by atoms with Gasteiger partial charge in [-0.15, -0.1) is 0 Å². The first-order valence-electron chi connectivity index (χ1n) is 6.22. The Balaban J connectivity index is 2.59. The number of hydrogen-bond acceptors (Lipinski definition) is 4. The van der Waals surface area contributed by atoms with E-state index in [-0.39, 0.29) is 11.7 Å². The van der Waals surface area contributed by atoms with Gasteiger partial charge in [0.2, 0.25) is 5.91 Å². The van der Waals surface area contributed by atoms with Crippen LogP contribution in [0.2, 0.25) is 0 Å². The zero-order chi connectivity index (χ0) is 14.3. The van der Waals surface area contributed by atoms with Gasteiger partial charge < -0.3 is 15.4 Å². The summed E-state index contributed by atoms with van der Waals surface area (Å²) in [5, 5.41) is 9.42. The van der Waals surface area contributed by atoms with Gasteiger partial charge in [-0.05, 0) is 19.3 Å². The van der Waals surface area contributed by atoms with Crippen LogP contribution in [-0.2, 0) is 22.6 Å². The third-order valence-corrected chi connectivity index (χ3v) is 3.62. The number of hydrogen-bond donors (Lipinski definition) is 2. The van der Waals surface area contributed by atoms with Crippen molar-refractivity contribution in [2.75, 3.05) is 5.75 Å². The van der Waals surface area contributed by atoms with Gasteiger partial charge in [-0.25, -0.2) is 4.98 Å². The van der Waals surface area contributed by atoms with Crippen LogP contribution in [0.5, 0.6) is 0 Å². The van der Waals surface area contributed by atoms with E-state index in [9.17, 15) is 9.59 Å². The highest BCUT2D eigenvalue weighted by molar-refractivity contribution is 7.99. The highest BCUT2D eigenvalue weighted by atomic mass is 32.2. The van der Waals surface area contributed by atoms with Crippen molar-refractivity contribution >= 4 is 23.6 Å². The normalized spacial score (nSPS) is 10.6. The van der Waals surface area contributed by atoms with Crippen LogP contribution in [0, 0.1) is 0 Å². The molecular formula is C12H19N3O3S. The van der Waals surface area contributed by atoms with Gasteiger partial charge in [-0.1, -0.05) is 18.7 Å². The summed E-state index contributed by atoms with van der Waals surface area (Å²) < 4.78 is 2.02. The van der Waals surface area contributed by atoms with E-state index in [4.69, 9.17) is 10.8 Å². The van der Waals surface area contributed by atoms with Gasteiger partial charge in [0.05, 0.1) is 5.75 Å². The van der Waals surface area contributed by atoms with Crippen molar-refractivity contribution in [3.63, 3.8) is 0 Å². The number of unbranched alkanes of at least 4 members (excludes halogenated alkanes) is 1. The molecule has 0 unspecified atom stereocenters. The van der Waals surface area contributed by atoms with Crippen LogP contribution < -0.4 is 5.73 Å².